The average molecular weight is 417 g/mol. The normalized spacial score (nSPS) is 14.5. The van der Waals surface area contributed by atoms with Crippen LogP contribution in [0.4, 0.5) is 0 Å². The lowest BCUT2D eigenvalue weighted by atomic mass is 10.0. The number of aryl methyl sites for hydroxylation is 2. The second-order valence-electron chi connectivity index (χ2n) is 6.69. The standard InChI is InChI=1S/C22H24O4S2/c1-15-4-5-16(2)19(12-15)20(23)13-26-21(24)14-25-18-8-6-17(7-9-18)22-27-10-3-11-28-22/h4-9,12,22H,3,10-11,13-14H2,1-2H3. The predicted octanol–water partition coefficient (Wildman–Crippen LogP) is 4.98. The maximum Gasteiger partial charge on any atom is 0.344 e. The Morgan fingerprint density at radius 2 is 1.71 bits per heavy atom. The summed E-state index contributed by atoms with van der Waals surface area (Å²) in [6, 6.07) is 13.5. The molecule has 2 aromatic carbocycles. The second kappa shape index (κ2) is 10.0. The summed E-state index contributed by atoms with van der Waals surface area (Å²) >= 11 is 3.93. The Labute approximate surface area is 174 Å². The summed E-state index contributed by atoms with van der Waals surface area (Å²) in [5.74, 6) is 2.25. The molecule has 0 N–H and O–H groups in total. The highest BCUT2D eigenvalue weighted by Crippen LogP contribution is 2.43. The minimum absolute atomic E-state index is 0.207. The fourth-order valence-electron chi connectivity index (χ4n) is 2.85. The van der Waals surface area contributed by atoms with E-state index in [0.29, 0.717) is 15.9 Å². The number of Topliss-reactive ketones (excluding diaryl/α,β-unsaturated/α-hetero) is 1. The van der Waals surface area contributed by atoms with E-state index < -0.39 is 5.97 Å². The first-order chi connectivity index (χ1) is 13.5. The lowest BCUT2D eigenvalue weighted by Gasteiger charge is -2.21. The van der Waals surface area contributed by atoms with Crippen LogP contribution in [0.15, 0.2) is 42.5 Å². The van der Waals surface area contributed by atoms with Crippen LogP contribution >= 0.6 is 23.5 Å². The number of rotatable bonds is 7. The third-order valence-corrected chi connectivity index (χ3v) is 7.41. The summed E-state index contributed by atoms with van der Waals surface area (Å²) in [4.78, 5) is 24.2. The summed E-state index contributed by atoms with van der Waals surface area (Å²) in [6.45, 7) is 3.30. The van der Waals surface area contributed by atoms with Crippen molar-refractivity contribution in [3.8, 4) is 5.75 Å². The Hall–Kier alpha value is -1.92. The van der Waals surface area contributed by atoms with E-state index in [1.807, 2.05) is 79.8 Å². The van der Waals surface area contributed by atoms with Crippen LogP contribution in [0.25, 0.3) is 0 Å². The molecule has 1 heterocycles. The monoisotopic (exact) mass is 416 g/mol. The Morgan fingerprint density at radius 1 is 1.00 bits per heavy atom. The molecule has 0 radical (unpaired) electrons. The molecule has 3 rings (SSSR count). The van der Waals surface area contributed by atoms with Crippen molar-refractivity contribution >= 4 is 35.3 Å². The van der Waals surface area contributed by atoms with Crippen LogP contribution in [-0.4, -0.2) is 36.5 Å². The molecule has 0 unspecified atom stereocenters. The van der Waals surface area contributed by atoms with Gasteiger partial charge in [-0.05, 0) is 61.1 Å². The lowest BCUT2D eigenvalue weighted by molar-refractivity contribution is -0.144. The minimum Gasteiger partial charge on any atom is -0.482 e. The number of carbonyl (C=O) groups is 2. The van der Waals surface area contributed by atoms with Crippen molar-refractivity contribution in [3.63, 3.8) is 0 Å². The molecule has 0 aromatic heterocycles. The molecule has 0 spiro atoms. The highest BCUT2D eigenvalue weighted by molar-refractivity contribution is 8.16. The zero-order valence-electron chi connectivity index (χ0n) is 16.1. The molecule has 1 aliphatic rings. The summed E-state index contributed by atoms with van der Waals surface area (Å²) in [5, 5.41) is 0. The number of esters is 1. The average Bonchev–Trinajstić information content (AvgIpc) is 2.73. The molecule has 4 nitrogen and oxygen atoms in total. The zero-order chi connectivity index (χ0) is 19.9. The molecule has 1 fully saturated rings. The van der Waals surface area contributed by atoms with Crippen LogP contribution in [0, 0.1) is 13.8 Å². The van der Waals surface area contributed by atoms with Gasteiger partial charge in [-0.2, -0.15) is 0 Å². The van der Waals surface area contributed by atoms with Gasteiger partial charge in [0.2, 0.25) is 5.78 Å². The fraction of sp³-hybridized carbons (Fsp3) is 0.364. The molecule has 0 bridgehead atoms. The van der Waals surface area contributed by atoms with Crippen molar-refractivity contribution < 1.29 is 19.1 Å². The van der Waals surface area contributed by atoms with Gasteiger partial charge >= 0.3 is 5.97 Å². The highest BCUT2D eigenvalue weighted by atomic mass is 32.2. The number of hydrogen-bond acceptors (Lipinski definition) is 6. The molecule has 2 aromatic rings. The van der Waals surface area contributed by atoms with Gasteiger partial charge in [-0.15, -0.1) is 23.5 Å². The van der Waals surface area contributed by atoms with Gasteiger partial charge in [0.25, 0.3) is 0 Å². The SMILES string of the molecule is Cc1ccc(C)c(C(=O)COC(=O)COc2ccc(C3SCCCS3)cc2)c1. The van der Waals surface area contributed by atoms with Crippen molar-refractivity contribution in [3.05, 3.63) is 64.7 Å². The molecular formula is C22H24O4S2. The van der Waals surface area contributed by atoms with Crippen molar-refractivity contribution in [1.82, 2.24) is 0 Å². The molecule has 148 valence electrons. The van der Waals surface area contributed by atoms with Crippen LogP contribution in [0.3, 0.4) is 0 Å². The topological polar surface area (TPSA) is 52.6 Å². The number of benzene rings is 2. The molecule has 0 amide bonds. The van der Waals surface area contributed by atoms with Gasteiger partial charge in [0, 0.05) is 5.56 Å². The predicted molar refractivity (Wildman–Crippen MR) is 115 cm³/mol. The van der Waals surface area contributed by atoms with Crippen molar-refractivity contribution in [2.45, 2.75) is 24.9 Å². The first-order valence-electron chi connectivity index (χ1n) is 9.25. The smallest absolute Gasteiger partial charge is 0.344 e. The van der Waals surface area contributed by atoms with Crippen molar-refractivity contribution in [1.29, 1.82) is 0 Å². The van der Waals surface area contributed by atoms with Gasteiger partial charge in [0.1, 0.15) is 5.75 Å². The van der Waals surface area contributed by atoms with Gasteiger partial charge in [-0.25, -0.2) is 4.79 Å². The van der Waals surface area contributed by atoms with E-state index in [-0.39, 0.29) is 19.0 Å². The van der Waals surface area contributed by atoms with E-state index in [4.69, 9.17) is 9.47 Å². The van der Waals surface area contributed by atoms with Crippen molar-refractivity contribution in [2.75, 3.05) is 24.7 Å². The summed E-state index contributed by atoms with van der Waals surface area (Å²) in [7, 11) is 0. The van der Waals surface area contributed by atoms with Crippen molar-refractivity contribution in [2.24, 2.45) is 0 Å². The maximum atomic E-state index is 12.3. The van der Waals surface area contributed by atoms with Crippen LogP contribution in [-0.2, 0) is 9.53 Å². The van der Waals surface area contributed by atoms with E-state index in [0.717, 1.165) is 11.1 Å². The lowest BCUT2D eigenvalue weighted by Crippen LogP contribution is -2.20. The molecule has 6 heteroatoms. The molecule has 0 atom stereocenters. The number of thioether (sulfide) groups is 2. The molecule has 0 saturated carbocycles. The van der Waals surface area contributed by atoms with Crippen LogP contribution in [0.5, 0.6) is 5.75 Å². The van der Waals surface area contributed by atoms with Gasteiger partial charge in [-0.1, -0.05) is 29.8 Å². The quantitative estimate of drug-likeness (QED) is 0.469. The Bertz CT molecular complexity index is 827. The minimum atomic E-state index is -0.555. The molecule has 1 saturated heterocycles. The summed E-state index contributed by atoms with van der Waals surface area (Å²) in [5.41, 5.74) is 3.72. The fourth-order valence-corrected chi connectivity index (χ4v) is 5.74. The number of ether oxygens (including phenoxy) is 2. The maximum absolute atomic E-state index is 12.3. The van der Waals surface area contributed by atoms with Crippen LogP contribution < -0.4 is 4.74 Å². The van der Waals surface area contributed by atoms with Gasteiger partial charge in [0.05, 0.1) is 4.58 Å². The van der Waals surface area contributed by atoms with Gasteiger partial charge in [-0.3, -0.25) is 4.79 Å². The molecule has 1 aliphatic heterocycles. The third-order valence-electron chi connectivity index (χ3n) is 4.39. The van der Waals surface area contributed by atoms with Crippen LogP contribution in [0.2, 0.25) is 0 Å². The van der Waals surface area contributed by atoms with Crippen LogP contribution in [0.1, 0.15) is 38.1 Å². The number of carbonyl (C=O) groups excluding carboxylic acids is 2. The first kappa shape index (κ1) is 20.8. The number of hydrogen-bond donors (Lipinski definition) is 0. The largest absolute Gasteiger partial charge is 0.482 e. The van der Waals surface area contributed by atoms with E-state index in [1.165, 1.54) is 23.5 Å². The Kier molecular flexibility index (Phi) is 7.45. The van der Waals surface area contributed by atoms with E-state index in [9.17, 15) is 9.59 Å². The van der Waals surface area contributed by atoms with E-state index in [2.05, 4.69) is 0 Å². The molecule has 0 aliphatic carbocycles. The summed E-state index contributed by atoms with van der Waals surface area (Å²) in [6.07, 6.45) is 1.26. The van der Waals surface area contributed by atoms with E-state index >= 15 is 0 Å². The highest BCUT2D eigenvalue weighted by Gasteiger charge is 2.17. The first-order valence-corrected chi connectivity index (χ1v) is 11.3. The van der Waals surface area contributed by atoms with Gasteiger partial charge < -0.3 is 9.47 Å². The summed E-state index contributed by atoms with van der Waals surface area (Å²) < 4.78 is 11.0. The molecular weight excluding hydrogens is 392 g/mol. The zero-order valence-corrected chi connectivity index (χ0v) is 17.7. The Morgan fingerprint density at radius 3 is 2.43 bits per heavy atom. The number of ketones is 1. The Balaban J connectivity index is 1.45. The molecule has 28 heavy (non-hydrogen) atoms. The van der Waals surface area contributed by atoms with E-state index in [1.54, 1.807) is 0 Å². The second-order valence-corrected chi connectivity index (χ2v) is 9.41. The van der Waals surface area contributed by atoms with Gasteiger partial charge in [0.15, 0.2) is 13.2 Å². The third kappa shape index (κ3) is 5.79.